The van der Waals surface area contributed by atoms with Crippen molar-refractivity contribution in [2.45, 2.75) is 10.6 Å². The summed E-state index contributed by atoms with van der Waals surface area (Å²) in [6.07, 6.45) is 0. The topological polar surface area (TPSA) is 46.5 Å². The molecule has 0 radical (unpaired) electrons. The number of ether oxygens (including phenoxy) is 1. The molecule has 0 fully saturated rings. The van der Waals surface area contributed by atoms with Crippen LogP contribution in [0.1, 0.15) is 15.9 Å². The van der Waals surface area contributed by atoms with Crippen molar-refractivity contribution in [1.29, 1.82) is 0 Å². The predicted octanol–water partition coefficient (Wildman–Crippen LogP) is 4.34. The molecule has 20 heavy (non-hydrogen) atoms. The van der Waals surface area contributed by atoms with E-state index in [1.807, 2.05) is 24.3 Å². The minimum absolute atomic E-state index is 0.220. The van der Waals surface area contributed by atoms with Crippen molar-refractivity contribution in [1.82, 2.24) is 0 Å². The molecule has 2 aromatic rings. The highest BCUT2D eigenvalue weighted by molar-refractivity contribution is 7.98. The molecule has 104 valence electrons. The molecule has 0 aromatic heterocycles. The minimum Gasteiger partial charge on any atom is -0.496 e. The molecule has 0 spiro atoms. The Hall–Kier alpha value is -1.65. The van der Waals surface area contributed by atoms with Crippen LogP contribution in [-0.4, -0.2) is 18.2 Å². The van der Waals surface area contributed by atoms with Crippen molar-refractivity contribution >= 4 is 29.3 Å². The van der Waals surface area contributed by atoms with E-state index in [2.05, 4.69) is 0 Å². The lowest BCUT2D eigenvalue weighted by Crippen LogP contribution is -1.99. The molecule has 3 nitrogen and oxygen atoms in total. The van der Waals surface area contributed by atoms with Gasteiger partial charge in [0.25, 0.3) is 0 Å². The minimum atomic E-state index is -0.977. The monoisotopic (exact) mass is 308 g/mol. The number of carboxylic acids is 1. The Balaban J connectivity index is 2.21. The van der Waals surface area contributed by atoms with Gasteiger partial charge in [-0.05, 0) is 24.3 Å². The maximum Gasteiger partial charge on any atom is 0.336 e. The van der Waals surface area contributed by atoms with Crippen LogP contribution >= 0.6 is 23.4 Å². The summed E-state index contributed by atoms with van der Waals surface area (Å²) in [5.74, 6) is 0.451. The fourth-order valence-corrected chi connectivity index (χ4v) is 2.96. The lowest BCUT2D eigenvalue weighted by atomic mass is 10.2. The fourth-order valence-electron chi connectivity index (χ4n) is 1.77. The van der Waals surface area contributed by atoms with Gasteiger partial charge in [0.2, 0.25) is 0 Å². The molecule has 1 N–H and O–H groups in total. The van der Waals surface area contributed by atoms with Crippen molar-refractivity contribution in [3.63, 3.8) is 0 Å². The van der Waals surface area contributed by atoms with Gasteiger partial charge in [0.1, 0.15) is 5.75 Å². The molecule has 2 aromatic carbocycles. The van der Waals surface area contributed by atoms with Gasteiger partial charge in [0.05, 0.1) is 12.7 Å². The molecule has 0 amide bonds. The number of rotatable bonds is 5. The van der Waals surface area contributed by atoms with Crippen molar-refractivity contribution < 1.29 is 14.6 Å². The summed E-state index contributed by atoms with van der Waals surface area (Å²) in [6.45, 7) is 0. The molecule has 0 saturated carbocycles. The molecular formula is C15H13ClO3S. The molecule has 2 rings (SSSR count). The third-order valence-corrected chi connectivity index (χ3v) is 4.11. The van der Waals surface area contributed by atoms with Crippen LogP contribution < -0.4 is 4.74 Å². The number of para-hydroxylation sites is 1. The first-order valence-electron chi connectivity index (χ1n) is 5.89. The first kappa shape index (κ1) is 14.8. The third-order valence-electron chi connectivity index (χ3n) is 2.75. The highest BCUT2D eigenvalue weighted by atomic mass is 35.5. The molecule has 0 atom stereocenters. The Bertz CT molecular complexity index is 628. The van der Waals surface area contributed by atoms with Crippen LogP contribution in [0.2, 0.25) is 5.02 Å². The summed E-state index contributed by atoms with van der Waals surface area (Å²) in [5, 5.41) is 9.61. The van der Waals surface area contributed by atoms with Crippen LogP contribution in [0.5, 0.6) is 5.75 Å². The van der Waals surface area contributed by atoms with E-state index >= 15 is 0 Å². The Morgan fingerprint density at radius 1 is 1.30 bits per heavy atom. The smallest absolute Gasteiger partial charge is 0.336 e. The number of methoxy groups -OCH3 is 1. The summed E-state index contributed by atoms with van der Waals surface area (Å²) in [5.41, 5.74) is 1.24. The molecule has 0 saturated heterocycles. The van der Waals surface area contributed by atoms with Crippen LogP contribution in [0.4, 0.5) is 0 Å². The van der Waals surface area contributed by atoms with Crippen LogP contribution in [0.3, 0.4) is 0 Å². The molecular weight excluding hydrogens is 296 g/mol. The molecule has 0 aliphatic carbocycles. The summed E-state index contributed by atoms with van der Waals surface area (Å²) in [6, 6.07) is 12.6. The molecule has 0 aliphatic rings. The number of thioether (sulfide) groups is 1. The Morgan fingerprint density at radius 2 is 2.05 bits per heavy atom. The fraction of sp³-hybridized carbons (Fsp3) is 0.133. The largest absolute Gasteiger partial charge is 0.496 e. The van der Waals surface area contributed by atoms with E-state index in [1.165, 1.54) is 17.8 Å². The molecule has 0 heterocycles. The van der Waals surface area contributed by atoms with Crippen LogP contribution in [0, 0.1) is 0 Å². The van der Waals surface area contributed by atoms with E-state index in [9.17, 15) is 9.90 Å². The number of benzene rings is 2. The van der Waals surface area contributed by atoms with E-state index in [0.29, 0.717) is 15.7 Å². The van der Waals surface area contributed by atoms with Gasteiger partial charge in [-0.15, -0.1) is 11.8 Å². The second-order valence-corrected chi connectivity index (χ2v) is 5.50. The van der Waals surface area contributed by atoms with Crippen LogP contribution in [0.25, 0.3) is 0 Å². The van der Waals surface area contributed by atoms with Gasteiger partial charge in [-0.25, -0.2) is 4.79 Å². The van der Waals surface area contributed by atoms with E-state index in [0.717, 1.165) is 11.3 Å². The lowest BCUT2D eigenvalue weighted by molar-refractivity contribution is 0.0693. The maximum atomic E-state index is 11.2. The van der Waals surface area contributed by atoms with E-state index in [1.54, 1.807) is 19.2 Å². The zero-order chi connectivity index (χ0) is 14.5. The van der Waals surface area contributed by atoms with Gasteiger partial charge in [-0.1, -0.05) is 29.8 Å². The van der Waals surface area contributed by atoms with Gasteiger partial charge in [0.15, 0.2) is 0 Å². The third kappa shape index (κ3) is 3.46. The maximum absolute atomic E-state index is 11.2. The first-order valence-corrected chi connectivity index (χ1v) is 7.25. The number of aromatic carboxylic acids is 1. The summed E-state index contributed by atoms with van der Waals surface area (Å²) in [4.78, 5) is 11.9. The average molecular weight is 309 g/mol. The SMILES string of the molecule is COc1ccccc1CSc1ccc(Cl)cc1C(=O)O. The van der Waals surface area contributed by atoms with Gasteiger partial charge in [-0.3, -0.25) is 0 Å². The molecule has 0 unspecified atom stereocenters. The highest BCUT2D eigenvalue weighted by Crippen LogP contribution is 2.31. The Kier molecular flexibility index (Phi) is 4.93. The lowest BCUT2D eigenvalue weighted by Gasteiger charge is -2.09. The number of carbonyl (C=O) groups is 1. The number of hydrogen-bond donors (Lipinski definition) is 1. The number of halogens is 1. The first-order chi connectivity index (χ1) is 9.61. The van der Waals surface area contributed by atoms with Crippen LogP contribution in [0.15, 0.2) is 47.4 Å². The zero-order valence-corrected chi connectivity index (χ0v) is 12.4. The summed E-state index contributed by atoms with van der Waals surface area (Å²) >= 11 is 7.28. The summed E-state index contributed by atoms with van der Waals surface area (Å²) < 4.78 is 5.28. The Morgan fingerprint density at radius 3 is 2.75 bits per heavy atom. The van der Waals surface area contributed by atoms with Gasteiger partial charge in [0, 0.05) is 21.2 Å². The van der Waals surface area contributed by atoms with E-state index in [-0.39, 0.29) is 5.56 Å². The van der Waals surface area contributed by atoms with E-state index < -0.39 is 5.97 Å². The normalized spacial score (nSPS) is 10.3. The van der Waals surface area contributed by atoms with Crippen molar-refractivity contribution in [3.05, 3.63) is 58.6 Å². The number of hydrogen-bond acceptors (Lipinski definition) is 3. The van der Waals surface area contributed by atoms with E-state index in [4.69, 9.17) is 16.3 Å². The van der Waals surface area contributed by atoms with Gasteiger partial charge < -0.3 is 9.84 Å². The van der Waals surface area contributed by atoms with Gasteiger partial charge >= 0.3 is 5.97 Å². The second kappa shape index (κ2) is 6.68. The second-order valence-electron chi connectivity index (χ2n) is 4.05. The van der Waals surface area contributed by atoms with Crippen molar-refractivity contribution in [3.8, 4) is 5.75 Å². The Labute approximate surface area is 126 Å². The van der Waals surface area contributed by atoms with Crippen molar-refractivity contribution in [2.75, 3.05) is 7.11 Å². The molecule has 0 aliphatic heterocycles. The number of carboxylic acid groups (broad SMARTS) is 1. The van der Waals surface area contributed by atoms with Crippen molar-refractivity contribution in [2.24, 2.45) is 0 Å². The van der Waals surface area contributed by atoms with Gasteiger partial charge in [-0.2, -0.15) is 0 Å². The quantitative estimate of drug-likeness (QED) is 0.835. The average Bonchev–Trinajstić information content (AvgIpc) is 2.46. The standard InChI is InChI=1S/C15H13ClO3S/c1-19-13-5-3-2-4-10(13)9-20-14-7-6-11(16)8-12(14)15(17)18/h2-8H,9H2,1H3,(H,17,18). The predicted molar refractivity (Wildman–Crippen MR) is 81.0 cm³/mol. The zero-order valence-electron chi connectivity index (χ0n) is 10.8. The molecule has 5 heteroatoms. The van der Waals surface area contributed by atoms with Crippen LogP contribution in [-0.2, 0) is 5.75 Å². The molecule has 0 bridgehead atoms. The summed E-state index contributed by atoms with van der Waals surface area (Å²) in [7, 11) is 1.62. The highest BCUT2D eigenvalue weighted by Gasteiger charge is 2.12.